The summed E-state index contributed by atoms with van der Waals surface area (Å²) in [6.45, 7) is 2.62. The van der Waals surface area contributed by atoms with E-state index < -0.39 is 17.9 Å². The Bertz CT molecular complexity index is 508. The molecule has 20 heavy (non-hydrogen) atoms. The number of carbonyl (C=O) groups is 2. The first-order valence-corrected chi connectivity index (χ1v) is 6.32. The highest BCUT2D eigenvalue weighted by Gasteiger charge is 2.16. The van der Waals surface area contributed by atoms with Crippen molar-refractivity contribution in [3.8, 4) is 0 Å². The van der Waals surface area contributed by atoms with E-state index in [1.165, 1.54) is 13.8 Å². The molecule has 1 aromatic rings. The van der Waals surface area contributed by atoms with Gasteiger partial charge in [-0.2, -0.15) is 0 Å². The van der Waals surface area contributed by atoms with Gasteiger partial charge in [-0.1, -0.05) is 30.3 Å². The van der Waals surface area contributed by atoms with Crippen molar-refractivity contribution in [1.29, 1.82) is 0 Å². The molecule has 0 fully saturated rings. The smallest absolute Gasteiger partial charge is 0.331 e. The van der Waals surface area contributed by atoms with Crippen LogP contribution in [0, 0.1) is 0 Å². The lowest BCUT2D eigenvalue weighted by Crippen LogP contribution is -2.39. The lowest BCUT2D eigenvalue weighted by atomic mass is 10.1. The van der Waals surface area contributed by atoms with Gasteiger partial charge < -0.3 is 15.5 Å². The van der Waals surface area contributed by atoms with Crippen LogP contribution in [0.5, 0.6) is 0 Å². The summed E-state index contributed by atoms with van der Waals surface area (Å²) < 4.78 is 0. The first-order chi connectivity index (χ1) is 9.45. The molecule has 0 saturated heterocycles. The van der Waals surface area contributed by atoms with E-state index in [-0.39, 0.29) is 17.8 Å². The molecule has 0 radical (unpaired) electrons. The number of amides is 1. The highest BCUT2D eigenvalue weighted by atomic mass is 16.4. The topological polar surface area (TPSA) is 86.6 Å². The molecule has 5 nitrogen and oxygen atoms in total. The first-order valence-electron chi connectivity index (χ1n) is 6.32. The molecule has 1 aromatic carbocycles. The highest BCUT2D eigenvalue weighted by Crippen LogP contribution is 2.06. The zero-order valence-electron chi connectivity index (χ0n) is 11.6. The highest BCUT2D eigenvalue weighted by molar-refractivity contribution is 6.01. The number of benzene rings is 1. The predicted octanol–water partition coefficient (Wildman–Crippen LogP) is 1.13. The van der Waals surface area contributed by atoms with Crippen molar-refractivity contribution in [1.82, 2.24) is 5.32 Å². The molecule has 0 aromatic heterocycles. The number of aliphatic carboxylic acids is 1. The summed E-state index contributed by atoms with van der Waals surface area (Å²) in [6.07, 6.45) is 0.489. The summed E-state index contributed by atoms with van der Waals surface area (Å²) in [7, 11) is 0. The second kappa shape index (κ2) is 7.45. The fraction of sp³-hybridized carbons (Fsp3) is 0.333. The Morgan fingerprint density at radius 1 is 1.15 bits per heavy atom. The standard InChI is InChI=1S/C15H19NO4/c1-10(11(2)15(19)20)14(18)16-13(9-17)8-12-6-4-3-5-7-12/h3-7,13,17H,8-9H2,1-2H3,(H,16,18)(H,19,20). The van der Waals surface area contributed by atoms with Crippen molar-refractivity contribution in [2.45, 2.75) is 26.3 Å². The van der Waals surface area contributed by atoms with Crippen molar-refractivity contribution in [3.63, 3.8) is 0 Å². The summed E-state index contributed by atoms with van der Waals surface area (Å²) in [5, 5.41) is 20.8. The summed E-state index contributed by atoms with van der Waals surface area (Å²) in [5.74, 6) is -1.60. The number of hydrogen-bond acceptors (Lipinski definition) is 3. The van der Waals surface area contributed by atoms with E-state index >= 15 is 0 Å². The Balaban J connectivity index is 2.72. The van der Waals surface area contributed by atoms with E-state index in [1.54, 1.807) is 0 Å². The van der Waals surface area contributed by atoms with Crippen molar-refractivity contribution < 1.29 is 19.8 Å². The second-order valence-corrected chi connectivity index (χ2v) is 4.60. The van der Waals surface area contributed by atoms with Crippen molar-refractivity contribution in [3.05, 3.63) is 47.0 Å². The van der Waals surface area contributed by atoms with Crippen LogP contribution in [0.25, 0.3) is 0 Å². The molecule has 1 rings (SSSR count). The Morgan fingerprint density at radius 3 is 2.25 bits per heavy atom. The van der Waals surface area contributed by atoms with Crippen molar-refractivity contribution in [2.24, 2.45) is 0 Å². The molecular weight excluding hydrogens is 258 g/mol. The number of aliphatic hydroxyl groups excluding tert-OH is 1. The molecule has 0 spiro atoms. The molecule has 0 aliphatic carbocycles. The maximum Gasteiger partial charge on any atom is 0.331 e. The summed E-state index contributed by atoms with van der Waals surface area (Å²) in [6, 6.07) is 9.01. The molecule has 0 aliphatic heterocycles. The van der Waals surface area contributed by atoms with Gasteiger partial charge in [0.1, 0.15) is 0 Å². The van der Waals surface area contributed by atoms with Gasteiger partial charge in [0, 0.05) is 11.1 Å². The van der Waals surface area contributed by atoms with E-state index in [0.717, 1.165) is 5.56 Å². The van der Waals surface area contributed by atoms with Gasteiger partial charge in [0.15, 0.2) is 0 Å². The fourth-order valence-corrected chi connectivity index (χ4v) is 1.68. The van der Waals surface area contributed by atoms with E-state index in [2.05, 4.69) is 5.32 Å². The Morgan fingerprint density at radius 2 is 1.75 bits per heavy atom. The number of aliphatic hydroxyl groups is 1. The van der Waals surface area contributed by atoms with Crippen LogP contribution < -0.4 is 5.32 Å². The minimum Gasteiger partial charge on any atom is -0.478 e. The van der Waals surface area contributed by atoms with Gasteiger partial charge in [-0.15, -0.1) is 0 Å². The van der Waals surface area contributed by atoms with Gasteiger partial charge in [0.25, 0.3) is 0 Å². The van der Waals surface area contributed by atoms with Gasteiger partial charge in [-0.25, -0.2) is 4.79 Å². The molecule has 0 heterocycles. The number of nitrogens with one attached hydrogen (secondary N) is 1. The maximum atomic E-state index is 11.9. The van der Waals surface area contributed by atoms with Crippen molar-refractivity contribution >= 4 is 11.9 Å². The zero-order valence-corrected chi connectivity index (χ0v) is 11.6. The number of hydrogen-bond donors (Lipinski definition) is 3. The molecule has 0 bridgehead atoms. The molecule has 1 amide bonds. The molecule has 0 saturated carbocycles. The monoisotopic (exact) mass is 277 g/mol. The number of carboxylic acids is 1. The quantitative estimate of drug-likeness (QED) is 0.680. The first kappa shape index (κ1) is 15.9. The second-order valence-electron chi connectivity index (χ2n) is 4.60. The lowest BCUT2D eigenvalue weighted by Gasteiger charge is -2.17. The number of carbonyl (C=O) groups excluding carboxylic acids is 1. The average Bonchev–Trinajstić information content (AvgIpc) is 2.45. The molecular formula is C15H19NO4. The van der Waals surface area contributed by atoms with E-state index in [4.69, 9.17) is 5.11 Å². The molecule has 1 unspecified atom stereocenters. The molecule has 1 atom stereocenters. The third kappa shape index (κ3) is 4.51. The van der Waals surface area contributed by atoms with Gasteiger partial charge in [-0.05, 0) is 25.8 Å². The van der Waals surface area contributed by atoms with Gasteiger partial charge >= 0.3 is 5.97 Å². The van der Waals surface area contributed by atoms with E-state index in [0.29, 0.717) is 6.42 Å². The van der Waals surface area contributed by atoms with Crippen LogP contribution >= 0.6 is 0 Å². The largest absolute Gasteiger partial charge is 0.478 e. The Kier molecular flexibility index (Phi) is 5.93. The van der Waals surface area contributed by atoms with Crippen LogP contribution in [-0.2, 0) is 16.0 Å². The zero-order chi connectivity index (χ0) is 15.1. The van der Waals surface area contributed by atoms with E-state index in [1.807, 2.05) is 30.3 Å². The normalized spacial score (nSPS) is 13.3. The van der Waals surface area contributed by atoms with Crippen molar-refractivity contribution in [2.75, 3.05) is 6.61 Å². The Labute approximate surface area is 117 Å². The number of rotatable bonds is 6. The summed E-state index contributed by atoms with van der Waals surface area (Å²) >= 11 is 0. The Hall–Kier alpha value is -2.14. The van der Waals surface area contributed by atoms with E-state index in [9.17, 15) is 14.7 Å². The lowest BCUT2D eigenvalue weighted by molar-refractivity contribution is -0.133. The van der Waals surface area contributed by atoms with Crippen LogP contribution in [0.4, 0.5) is 0 Å². The molecule has 108 valence electrons. The van der Waals surface area contributed by atoms with Gasteiger partial charge in [-0.3, -0.25) is 4.79 Å². The predicted molar refractivity (Wildman–Crippen MR) is 75.2 cm³/mol. The average molecular weight is 277 g/mol. The summed E-state index contributed by atoms with van der Waals surface area (Å²) in [4.78, 5) is 22.7. The molecule has 3 N–H and O–H groups in total. The van der Waals surface area contributed by atoms with Crippen LogP contribution in [-0.4, -0.2) is 34.7 Å². The third-order valence-electron chi connectivity index (χ3n) is 3.10. The minimum atomic E-state index is -1.12. The molecule has 0 aliphatic rings. The van der Waals surface area contributed by atoms with Gasteiger partial charge in [0.2, 0.25) is 5.91 Å². The molecule has 5 heteroatoms. The SMILES string of the molecule is CC(C(=O)O)=C(C)C(=O)NC(CO)Cc1ccccc1. The maximum absolute atomic E-state index is 11.9. The van der Waals surface area contributed by atoms with Crippen LogP contribution in [0.1, 0.15) is 19.4 Å². The summed E-state index contributed by atoms with van der Waals surface area (Å²) in [5.41, 5.74) is 1.13. The third-order valence-corrected chi connectivity index (χ3v) is 3.10. The van der Waals surface area contributed by atoms with Crippen LogP contribution in [0.3, 0.4) is 0 Å². The van der Waals surface area contributed by atoms with Gasteiger partial charge in [0.05, 0.1) is 12.6 Å². The van der Waals surface area contributed by atoms with Crippen LogP contribution in [0.2, 0.25) is 0 Å². The van der Waals surface area contributed by atoms with Crippen LogP contribution in [0.15, 0.2) is 41.5 Å². The number of carboxylic acid groups (broad SMARTS) is 1. The fourth-order valence-electron chi connectivity index (χ4n) is 1.68. The minimum absolute atomic E-state index is 0.00102.